The van der Waals surface area contributed by atoms with E-state index in [0.717, 1.165) is 38.0 Å². The van der Waals surface area contributed by atoms with E-state index in [9.17, 15) is 9.59 Å². The molecule has 1 aromatic rings. The first-order valence-electron chi connectivity index (χ1n) is 8.44. The minimum Gasteiger partial charge on any atom is -0.303 e. The van der Waals surface area contributed by atoms with Gasteiger partial charge in [-0.25, -0.2) is 10.0 Å². The number of likely N-dealkylation sites (N-methyl/N-ethyl adjacent to an activating group) is 1. The Labute approximate surface area is 136 Å². The third-order valence-electron chi connectivity index (χ3n) is 5.70. The van der Waals surface area contributed by atoms with Crippen LogP contribution in [-0.4, -0.2) is 59.5 Å². The number of nitrogens with zero attached hydrogens (tertiary/aromatic N) is 3. The van der Waals surface area contributed by atoms with Crippen LogP contribution in [0.25, 0.3) is 0 Å². The Morgan fingerprint density at radius 2 is 1.96 bits per heavy atom. The zero-order valence-electron chi connectivity index (χ0n) is 13.8. The molecule has 2 unspecified atom stereocenters. The average molecular weight is 313 g/mol. The normalized spacial score (nSPS) is 32.1. The van der Waals surface area contributed by atoms with Gasteiger partial charge in [-0.3, -0.25) is 9.59 Å². The Morgan fingerprint density at radius 3 is 2.74 bits per heavy atom. The van der Waals surface area contributed by atoms with Gasteiger partial charge in [-0.2, -0.15) is 0 Å². The average Bonchev–Trinajstić information content (AvgIpc) is 3.01. The number of imide groups is 1. The highest BCUT2D eigenvalue weighted by Gasteiger charge is 2.57. The van der Waals surface area contributed by atoms with E-state index in [1.807, 2.05) is 23.2 Å². The van der Waals surface area contributed by atoms with Crippen LogP contribution in [0.5, 0.6) is 0 Å². The number of benzene rings is 1. The van der Waals surface area contributed by atoms with Crippen molar-refractivity contribution < 1.29 is 9.59 Å². The molecule has 2 aliphatic heterocycles. The Hall–Kier alpha value is -1.72. The molecule has 2 amide bonds. The molecular weight excluding hydrogens is 290 g/mol. The molecule has 122 valence electrons. The second-order valence-corrected chi connectivity index (χ2v) is 7.20. The fourth-order valence-electron chi connectivity index (χ4n) is 4.51. The molecule has 2 fully saturated rings. The van der Waals surface area contributed by atoms with Crippen molar-refractivity contribution in [3.05, 3.63) is 35.4 Å². The highest BCUT2D eigenvalue weighted by molar-refractivity contribution is 6.09. The fourth-order valence-corrected chi connectivity index (χ4v) is 4.51. The smallest absolute Gasteiger partial charge is 0.255 e. The lowest BCUT2D eigenvalue weighted by atomic mass is 9.80. The quantitative estimate of drug-likeness (QED) is 0.730. The Kier molecular flexibility index (Phi) is 3.32. The van der Waals surface area contributed by atoms with Gasteiger partial charge in [0.2, 0.25) is 5.91 Å². The van der Waals surface area contributed by atoms with Crippen molar-refractivity contribution >= 4 is 11.8 Å². The molecule has 0 aromatic heterocycles. The first kappa shape index (κ1) is 14.8. The third kappa shape index (κ3) is 2.07. The summed E-state index contributed by atoms with van der Waals surface area (Å²) in [6.07, 6.45) is 1.97. The SMILES string of the molecule is CC1CN(C)CCN1N1C(=O)CC2(CCc3ccccc32)C1=O. The predicted molar refractivity (Wildman–Crippen MR) is 86.6 cm³/mol. The highest BCUT2D eigenvalue weighted by atomic mass is 16.2. The van der Waals surface area contributed by atoms with Crippen molar-refractivity contribution in [2.45, 2.75) is 37.6 Å². The summed E-state index contributed by atoms with van der Waals surface area (Å²) in [5.41, 5.74) is 1.68. The van der Waals surface area contributed by atoms with E-state index < -0.39 is 5.41 Å². The maximum Gasteiger partial charge on any atom is 0.255 e. The summed E-state index contributed by atoms with van der Waals surface area (Å²) >= 11 is 0. The molecule has 2 saturated heterocycles. The molecule has 1 aliphatic carbocycles. The van der Waals surface area contributed by atoms with Crippen LogP contribution in [0.2, 0.25) is 0 Å². The molecule has 0 bridgehead atoms. The summed E-state index contributed by atoms with van der Waals surface area (Å²) in [4.78, 5) is 28.3. The van der Waals surface area contributed by atoms with Gasteiger partial charge in [0.1, 0.15) is 0 Å². The highest BCUT2D eigenvalue weighted by Crippen LogP contribution is 2.47. The number of carbonyl (C=O) groups excluding carboxylic acids is 2. The molecule has 5 heteroatoms. The Bertz CT molecular complexity index is 674. The van der Waals surface area contributed by atoms with Crippen LogP contribution in [0.4, 0.5) is 0 Å². The molecule has 4 rings (SSSR count). The van der Waals surface area contributed by atoms with E-state index >= 15 is 0 Å². The van der Waals surface area contributed by atoms with Gasteiger partial charge in [-0.1, -0.05) is 24.3 Å². The van der Waals surface area contributed by atoms with Crippen LogP contribution >= 0.6 is 0 Å². The van der Waals surface area contributed by atoms with E-state index in [4.69, 9.17) is 0 Å². The first-order chi connectivity index (χ1) is 11.0. The van der Waals surface area contributed by atoms with Crippen molar-refractivity contribution in [2.24, 2.45) is 0 Å². The number of hydrogen-bond acceptors (Lipinski definition) is 4. The first-order valence-corrected chi connectivity index (χ1v) is 8.44. The molecule has 5 nitrogen and oxygen atoms in total. The monoisotopic (exact) mass is 313 g/mol. The zero-order valence-corrected chi connectivity index (χ0v) is 13.8. The molecule has 2 atom stereocenters. The van der Waals surface area contributed by atoms with Crippen molar-refractivity contribution in [1.82, 2.24) is 14.9 Å². The topological polar surface area (TPSA) is 43.9 Å². The molecule has 0 N–H and O–H groups in total. The number of amides is 2. The summed E-state index contributed by atoms with van der Waals surface area (Å²) in [7, 11) is 2.08. The molecular formula is C18H23N3O2. The molecule has 23 heavy (non-hydrogen) atoms. The number of aryl methyl sites for hydroxylation is 1. The van der Waals surface area contributed by atoms with Crippen LogP contribution in [0.3, 0.4) is 0 Å². The van der Waals surface area contributed by atoms with Gasteiger partial charge < -0.3 is 4.90 Å². The lowest BCUT2D eigenvalue weighted by molar-refractivity contribution is -0.166. The number of hydrazine groups is 1. The summed E-state index contributed by atoms with van der Waals surface area (Å²) < 4.78 is 0. The molecule has 0 radical (unpaired) electrons. The minimum absolute atomic E-state index is 0.0103. The van der Waals surface area contributed by atoms with E-state index in [2.05, 4.69) is 24.9 Å². The second-order valence-electron chi connectivity index (χ2n) is 7.20. The Morgan fingerprint density at radius 1 is 1.17 bits per heavy atom. The summed E-state index contributed by atoms with van der Waals surface area (Å²) in [6.45, 7) is 4.57. The largest absolute Gasteiger partial charge is 0.303 e. The van der Waals surface area contributed by atoms with Crippen LogP contribution in [0, 0.1) is 0 Å². The van der Waals surface area contributed by atoms with Crippen LogP contribution in [-0.2, 0) is 21.4 Å². The number of piperazine rings is 1. The van der Waals surface area contributed by atoms with E-state index in [1.165, 1.54) is 10.6 Å². The van der Waals surface area contributed by atoms with Gasteiger partial charge in [-0.15, -0.1) is 0 Å². The van der Waals surface area contributed by atoms with Gasteiger partial charge in [0.25, 0.3) is 5.91 Å². The second kappa shape index (κ2) is 5.14. The van der Waals surface area contributed by atoms with Gasteiger partial charge >= 0.3 is 0 Å². The fraction of sp³-hybridized carbons (Fsp3) is 0.556. The Balaban J connectivity index is 1.68. The molecule has 0 saturated carbocycles. The van der Waals surface area contributed by atoms with Crippen LogP contribution < -0.4 is 0 Å². The molecule has 1 aromatic carbocycles. The minimum atomic E-state index is -0.614. The van der Waals surface area contributed by atoms with Crippen LogP contribution in [0.15, 0.2) is 24.3 Å². The maximum atomic E-state index is 13.3. The molecule has 2 heterocycles. The van der Waals surface area contributed by atoms with Crippen LogP contribution in [0.1, 0.15) is 30.9 Å². The van der Waals surface area contributed by atoms with Crippen molar-refractivity contribution in [3.63, 3.8) is 0 Å². The van der Waals surface area contributed by atoms with E-state index in [0.29, 0.717) is 6.42 Å². The number of rotatable bonds is 1. The third-order valence-corrected chi connectivity index (χ3v) is 5.70. The lowest BCUT2D eigenvalue weighted by Crippen LogP contribution is -2.59. The van der Waals surface area contributed by atoms with E-state index in [1.54, 1.807) is 0 Å². The lowest BCUT2D eigenvalue weighted by Gasteiger charge is -2.42. The number of hydrogen-bond donors (Lipinski definition) is 0. The zero-order chi connectivity index (χ0) is 16.2. The van der Waals surface area contributed by atoms with Crippen molar-refractivity contribution in [1.29, 1.82) is 0 Å². The predicted octanol–water partition coefficient (Wildman–Crippen LogP) is 1.18. The number of carbonyl (C=O) groups is 2. The summed E-state index contributed by atoms with van der Waals surface area (Å²) in [5, 5.41) is 3.46. The summed E-state index contributed by atoms with van der Waals surface area (Å²) in [5.74, 6) is -0.0491. The van der Waals surface area contributed by atoms with Gasteiger partial charge in [0.15, 0.2) is 0 Å². The van der Waals surface area contributed by atoms with E-state index in [-0.39, 0.29) is 17.9 Å². The molecule has 1 spiro atoms. The standard InChI is InChI=1S/C18H23N3O2/c1-13-12-19(2)9-10-20(13)21-16(22)11-18(17(21)23)8-7-14-5-3-4-6-15(14)18/h3-6,13H,7-12H2,1-2H3. The van der Waals surface area contributed by atoms with Gasteiger partial charge in [0.05, 0.1) is 5.41 Å². The maximum absolute atomic E-state index is 13.3. The van der Waals surface area contributed by atoms with Crippen molar-refractivity contribution in [2.75, 3.05) is 26.7 Å². The molecule has 3 aliphatic rings. The van der Waals surface area contributed by atoms with Crippen molar-refractivity contribution in [3.8, 4) is 0 Å². The van der Waals surface area contributed by atoms with Gasteiger partial charge in [0, 0.05) is 32.1 Å². The van der Waals surface area contributed by atoms with Gasteiger partial charge in [-0.05, 0) is 37.9 Å². The summed E-state index contributed by atoms with van der Waals surface area (Å²) in [6, 6.07) is 8.28. The number of fused-ring (bicyclic) bond motifs is 2.